The minimum Gasteiger partial charge on any atom is -0.492 e. The molecule has 1 atom stereocenters. The summed E-state index contributed by atoms with van der Waals surface area (Å²) in [5.41, 5.74) is 6.55. The first-order chi connectivity index (χ1) is 12.1. The largest absolute Gasteiger partial charge is 0.492 e. The number of thiazole rings is 1. The molecule has 3 aromatic rings. The van der Waals surface area contributed by atoms with E-state index in [4.69, 9.17) is 5.73 Å². The summed E-state index contributed by atoms with van der Waals surface area (Å²) in [5.74, 6) is -0.162. The zero-order chi connectivity index (χ0) is 17.4. The van der Waals surface area contributed by atoms with Crippen LogP contribution in [0.3, 0.4) is 0 Å². The van der Waals surface area contributed by atoms with Crippen LogP contribution in [0.25, 0.3) is 4.96 Å². The van der Waals surface area contributed by atoms with Gasteiger partial charge in [0.25, 0.3) is 0 Å². The molecule has 3 N–H and O–H groups in total. The van der Waals surface area contributed by atoms with Gasteiger partial charge in [0.15, 0.2) is 0 Å². The second-order valence-corrected chi connectivity index (χ2v) is 7.28. The topological polar surface area (TPSA) is 96.8 Å². The highest BCUT2D eigenvalue weighted by Crippen LogP contribution is 2.40. The van der Waals surface area contributed by atoms with Gasteiger partial charge in [0.1, 0.15) is 6.33 Å². The normalized spacial score (nSPS) is 17.8. The summed E-state index contributed by atoms with van der Waals surface area (Å²) in [6.45, 7) is 1.50. The lowest BCUT2D eigenvalue weighted by molar-refractivity contribution is -0.123. The molecule has 1 fully saturated rings. The Labute approximate surface area is 148 Å². The third-order valence-corrected chi connectivity index (χ3v) is 5.89. The SMILES string of the molecule is NC(=O)C1CCN(C(c2ccccc2)c2sc3ncnn3c2O)CC1. The summed E-state index contributed by atoms with van der Waals surface area (Å²) in [7, 11) is 0. The zero-order valence-corrected chi connectivity index (χ0v) is 14.4. The Morgan fingerprint density at radius 1 is 1.28 bits per heavy atom. The maximum atomic E-state index is 11.5. The Bertz CT molecular complexity index is 883. The van der Waals surface area contributed by atoms with E-state index in [0.717, 1.165) is 36.4 Å². The third kappa shape index (κ3) is 2.87. The predicted molar refractivity (Wildman–Crippen MR) is 94.3 cm³/mol. The van der Waals surface area contributed by atoms with E-state index in [1.807, 2.05) is 18.2 Å². The molecule has 8 heteroatoms. The number of carbonyl (C=O) groups is 1. The second kappa shape index (κ2) is 6.45. The number of benzene rings is 1. The summed E-state index contributed by atoms with van der Waals surface area (Å²) < 4.78 is 1.46. The number of carbonyl (C=O) groups excluding carboxylic acids is 1. The van der Waals surface area contributed by atoms with Crippen molar-refractivity contribution in [3.05, 3.63) is 47.1 Å². The molecule has 2 aromatic heterocycles. The summed E-state index contributed by atoms with van der Waals surface area (Å²) in [5, 5.41) is 14.7. The number of nitrogens with two attached hydrogens (primary N) is 1. The van der Waals surface area contributed by atoms with Crippen LogP contribution in [-0.2, 0) is 4.79 Å². The fourth-order valence-corrected chi connectivity index (χ4v) is 4.57. The maximum absolute atomic E-state index is 11.5. The lowest BCUT2D eigenvalue weighted by atomic mass is 9.93. The van der Waals surface area contributed by atoms with E-state index in [2.05, 4.69) is 27.1 Å². The van der Waals surface area contributed by atoms with Gasteiger partial charge in [0.2, 0.25) is 16.7 Å². The zero-order valence-electron chi connectivity index (χ0n) is 13.6. The quantitative estimate of drug-likeness (QED) is 0.742. The van der Waals surface area contributed by atoms with Crippen molar-refractivity contribution in [2.75, 3.05) is 13.1 Å². The molecule has 0 saturated carbocycles. The number of nitrogens with zero attached hydrogens (tertiary/aromatic N) is 4. The molecule has 1 aliphatic heterocycles. The van der Waals surface area contributed by atoms with E-state index < -0.39 is 0 Å². The number of fused-ring (bicyclic) bond motifs is 1. The van der Waals surface area contributed by atoms with Gasteiger partial charge in [0, 0.05) is 5.92 Å². The first-order valence-electron chi connectivity index (χ1n) is 8.25. The van der Waals surface area contributed by atoms with Gasteiger partial charge >= 0.3 is 0 Å². The van der Waals surface area contributed by atoms with Crippen LogP contribution in [0.2, 0.25) is 0 Å². The Hall–Kier alpha value is -2.45. The summed E-state index contributed by atoms with van der Waals surface area (Å²) in [4.78, 5) is 19.4. The summed E-state index contributed by atoms with van der Waals surface area (Å²) in [6.07, 6.45) is 2.91. The standard InChI is InChI=1S/C17H19N5O2S/c18-15(23)12-6-8-21(9-7-12)13(11-4-2-1-3-5-11)14-16(24)22-17(25-14)19-10-20-22/h1-5,10,12-13,24H,6-9H2,(H2,18,23). The van der Waals surface area contributed by atoms with Gasteiger partial charge < -0.3 is 10.8 Å². The molecule has 1 unspecified atom stereocenters. The maximum Gasteiger partial charge on any atom is 0.230 e. The molecule has 130 valence electrons. The van der Waals surface area contributed by atoms with Gasteiger partial charge in [0.05, 0.1) is 10.9 Å². The molecular formula is C17H19N5O2S. The average molecular weight is 357 g/mol. The van der Waals surface area contributed by atoms with Gasteiger partial charge in [-0.05, 0) is 31.5 Å². The van der Waals surface area contributed by atoms with E-state index in [9.17, 15) is 9.90 Å². The van der Waals surface area contributed by atoms with E-state index >= 15 is 0 Å². The molecule has 1 aliphatic rings. The number of rotatable bonds is 4. The molecule has 0 radical (unpaired) electrons. The van der Waals surface area contributed by atoms with Crippen molar-refractivity contribution >= 4 is 22.2 Å². The molecule has 0 aliphatic carbocycles. The Balaban J connectivity index is 1.72. The van der Waals surface area contributed by atoms with E-state index in [1.165, 1.54) is 22.2 Å². The number of hydrogen-bond acceptors (Lipinski definition) is 6. The van der Waals surface area contributed by atoms with Crippen molar-refractivity contribution in [1.82, 2.24) is 19.5 Å². The van der Waals surface area contributed by atoms with Gasteiger partial charge in [-0.15, -0.1) is 0 Å². The van der Waals surface area contributed by atoms with Crippen LogP contribution in [0.5, 0.6) is 5.88 Å². The van der Waals surface area contributed by atoms with Crippen molar-refractivity contribution in [2.24, 2.45) is 11.7 Å². The fraction of sp³-hybridized carbons (Fsp3) is 0.353. The van der Waals surface area contributed by atoms with Gasteiger partial charge in [-0.2, -0.15) is 9.61 Å². The van der Waals surface area contributed by atoms with E-state index in [-0.39, 0.29) is 23.7 Å². The lowest BCUT2D eigenvalue weighted by Gasteiger charge is -2.36. The van der Waals surface area contributed by atoms with Crippen LogP contribution in [-0.4, -0.2) is 43.6 Å². The number of piperidine rings is 1. The highest BCUT2D eigenvalue weighted by atomic mass is 32.1. The van der Waals surface area contributed by atoms with Crippen LogP contribution in [0, 0.1) is 5.92 Å². The molecule has 0 bridgehead atoms. The van der Waals surface area contributed by atoms with Crippen LogP contribution in [0.1, 0.15) is 29.3 Å². The first-order valence-corrected chi connectivity index (χ1v) is 9.06. The molecule has 25 heavy (non-hydrogen) atoms. The molecule has 4 rings (SSSR count). The Morgan fingerprint density at radius 3 is 2.64 bits per heavy atom. The number of likely N-dealkylation sites (tertiary alicyclic amines) is 1. The molecule has 3 heterocycles. The van der Waals surface area contributed by atoms with Gasteiger partial charge in [-0.1, -0.05) is 41.7 Å². The fourth-order valence-electron chi connectivity index (χ4n) is 3.48. The number of hydrogen-bond donors (Lipinski definition) is 2. The lowest BCUT2D eigenvalue weighted by Crippen LogP contribution is -2.40. The molecule has 1 aromatic carbocycles. The Morgan fingerprint density at radius 2 is 2.00 bits per heavy atom. The number of primary amides is 1. The number of amides is 1. The number of aromatic nitrogens is 3. The highest BCUT2D eigenvalue weighted by Gasteiger charge is 2.32. The second-order valence-electron chi connectivity index (χ2n) is 6.27. The summed E-state index contributed by atoms with van der Waals surface area (Å²) in [6, 6.07) is 9.98. The van der Waals surface area contributed by atoms with Crippen LogP contribution >= 0.6 is 11.3 Å². The smallest absolute Gasteiger partial charge is 0.230 e. The Kier molecular flexibility index (Phi) is 4.14. The molecule has 1 saturated heterocycles. The highest BCUT2D eigenvalue weighted by molar-refractivity contribution is 7.17. The molecule has 1 amide bonds. The van der Waals surface area contributed by atoms with Crippen molar-refractivity contribution in [3.63, 3.8) is 0 Å². The van der Waals surface area contributed by atoms with Crippen LogP contribution in [0.15, 0.2) is 36.7 Å². The molecule has 7 nitrogen and oxygen atoms in total. The third-order valence-electron chi connectivity index (χ3n) is 4.80. The van der Waals surface area contributed by atoms with Crippen molar-refractivity contribution in [1.29, 1.82) is 0 Å². The monoisotopic (exact) mass is 357 g/mol. The molecular weight excluding hydrogens is 338 g/mol. The van der Waals surface area contributed by atoms with E-state index in [0.29, 0.717) is 4.96 Å². The minimum absolute atomic E-state index is 0.0661. The van der Waals surface area contributed by atoms with Crippen LogP contribution < -0.4 is 5.73 Å². The van der Waals surface area contributed by atoms with E-state index in [1.54, 1.807) is 0 Å². The van der Waals surface area contributed by atoms with Crippen molar-refractivity contribution in [2.45, 2.75) is 18.9 Å². The van der Waals surface area contributed by atoms with Crippen LogP contribution in [0.4, 0.5) is 0 Å². The minimum atomic E-state index is -0.224. The summed E-state index contributed by atoms with van der Waals surface area (Å²) >= 11 is 1.44. The van der Waals surface area contributed by atoms with Gasteiger partial charge in [-0.3, -0.25) is 9.69 Å². The predicted octanol–water partition coefficient (Wildman–Crippen LogP) is 1.78. The number of aromatic hydroxyl groups is 1. The van der Waals surface area contributed by atoms with Crippen molar-refractivity contribution in [3.8, 4) is 5.88 Å². The average Bonchev–Trinajstić information content (AvgIpc) is 3.21. The van der Waals surface area contributed by atoms with Gasteiger partial charge in [-0.25, -0.2) is 4.98 Å². The van der Waals surface area contributed by atoms with Crippen molar-refractivity contribution < 1.29 is 9.90 Å². The first kappa shape index (κ1) is 16.0. The molecule has 0 spiro atoms.